The van der Waals surface area contributed by atoms with E-state index in [9.17, 15) is 4.79 Å². The monoisotopic (exact) mass is 515 g/mol. The zero-order valence-electron chi connectivity index (χ0n) is 16.7. The summed E-state index contributed by atoms with van der Waals surface area (Å²) in [5, 5.41) is 14.5. The molecule has 0 saturated heterocycles. The number of carbonyl (C=O) groups is 1. The van der Waals surface area contributed by atoms with Gasteiger partial charge in [0.15, 0.2) is 16.1 Å². The summed E-state index contributed by atoms with van der Waals surface area (Å²) in [6.07, 6.45) is 0. The highest BCUT2D eigenvalue weighted by Gasteiger charge is 2.14. The average Bonchev–Trinajstić information content (AvgIpc) is 3.39. The first-order chi connectivity index (χ1) is 15.0. The number of nitrogens with one attached hydrogen (secondary N) is 1. The quantitative estimate of drug-likeness (QED) is 0.344. The number of carbonyl (C=O) groups excluding carboxylic acids is 1. The van der Waals surface area contributed by atoms with Gasteiger partial charge in [-0.15, -0.1) is 21.5 Å². The van der Waals surface area contributed by atoms with Crippen molar-refractivity contribution in [3.63, 3.8) is 0 Å². The molecule has 2 aromatic carbocycles. The van der Waals surface area contributed by atoms with Gasteiger partial charge in [0.1, 0.15) is 5.75 Å². The fourth-order valence-corrected chi connectivity index (χ4v) is 4.51. The van der Waals surface area contributed by atoms with Crippen LogP contribution in [0.2, 0.25) is 0 Å². The van der Waals surface area contributed by atoms with Gasteiger partial charge in [-0.05, 0) is 36.4 Å². The van der Waals surface area contributed by atoms with E-state index < -0.39 is 0 Å². The third kappa shape index (κ3) is 5.15. The number of hydrogen-bond acceptors (Lipinski definition) is 7. The number of hydrogen-bond donors (Lipinski definition) is 1. The molecule has 158 valence electrons. The van der Waals surface area contributed by atoms with Crippen LogP contribution in [0.25, 0.3) is 22.6 Å². The van der Waals surface area contributed by atoms with Crippen LogP contribution in [-0.2, 0) is 11.8 Å². The van der Waals surface area contributed by atoms with Crippen LogP contribution < -0.4 is 10.1 Å². The van der Waals surface area contributed by atoms with Crippen LogP contribution in [0.1, 0.15) is 0 Å². The number of methoxy groups -OCH3 is 1. The van der Waals surface area contributed by atoms with E-state index in [2.05, 4.69) is 36.4 Å². The van der Waals surface area contributed by atoms with Crippen molar-refractivity contribution in [1.82, 2.24) is 19.7 Å². The third-order valence-corrected chi connectivity index (χ3v) is 6.71. The zero-order chi connectivity index (χ0) is 21.8. The Morgan fingerprint density at radius 1 is 1.13 bits per heavy atom. The summed E-state index contributed by atoms with van der Waals surface area (Å²) in [6, 6.07) is 15.5. The van der Waals surface area contributed by atoms with Gasteiger partial charge in [-0.1, -0.05) is 39.8 Å². The lowest BCUT2D eigenvalue weighted by Gasteiger charge is -2.05. The number of halogens is 1. The topological polar surface area (TPSA) is 81.9 Å². The number of amides is 1. The molecule has 0 bridgehead atoms. The van der Waals surface area contributed by atoms with Crippen molar-refractivity contribution in [2.75, 3.05) is 18.2 Å². The van der Waals surface area contributed by atoms with Crippen LogP contribution >= 0.6 is 39.0 Å². The number of aromatic nitrogens is 4. The molecule has 7 nitrogen and oxygen atoms in total. The summed E-state index contributed by atoms with van der Waals surface area (Å²) in [4.78, 5) is 16.9. The van der Waals surface area contributed by atoms with E-state index in [0.29, 0.717) is 10.3 Å². The lowest BCUT2D eigenvalue weighted by Crippen LogP contribution is -2.14. The number of benzene rings is 2. The minimum absolute atomic E-state index is 0.143. The Morgan fingerprint density at radius 2 is 1.84 bits per heavy atom. The summed E-state index contributed by atoms with van der Waals surface area (Å²) in [5.41, 5.74) is 2.76. The Morgan fingerprint density at radius 3 is 2.55 bits per heavy atom. The Bertz CT molecular complexity index is 1190. The minimum atomic E-state index is -0.143. The van der Waals surface area contributed by atoms with Crippen LogP contribution in [0.3, 0.4) is 0 Å². The highest BCUT2D eigenvalue weighted by Crippen LogP contribution is 2.27. The summed E-state index contributed by atoms with van der Waals surface area (Å²) in [5.74, 6) is 1.57. The second kappa shape index (κ2) is 9.63. The van der Waals surface area contributed by atoms with E-state index in [1.165, 1.54) is 23.1 Å². The standard InChI is InChI=1S/C21H18BrN5O2S2/c1-27-19(14-5-9-16(29-2)10-6-14)25-26-21(27)31-12-18(28)24-20-23-17(11-30-20)13-3-7-15(22)8-4-13/h3-11H,12H2,1-2H3,(H,23,24,28). The molecule has 0 spiro atoms. The number of rotatable bonds is 7. The predicted molar refractivity (Wildman–Crippen MR) is 128 cm³/mol. The maximum Gasteiger partial charge on any atom is 0.236 e. The van der Waals surface area contributed by atoms with E-state index in [0.717, 1.165) is 32.9 Å². The van der Waals surface area contributed by atoms with Gasteiger partial charge in [-0.3, -0.25) is 4.79 Å². The van der Waals surface area contributed by atoms with Crippen molar-refractivity contribution in [2.24, 2.45) is 7.05 Å². The van der Waals surface area contributed by atoms with Crippen molar-refractivity contribution in [2.45, 2.75) is 5.16 Å². The first-order valence-corrected chi connectivity index (χ1v) is 11.9. The first-order valence-electron chi connectivity index (χ1n) is 9.21. The van der Waals surface area contributed by atoms with E-state index in [1.807, 2.05) is 65.5 Å². The smallest absolute Gasteiger partial charge is 0.236 e. The highest BCUT2D eigenvalue weighted by molar-refractivity contribution is 9.10. The highest BCUT2D eigenvalue weighted by atomic mass is 79.9. The summed E-state index contributed by atoms with van der Waals surface area (Å²) in [7, 11) is 3.51. The molecule has 2 heterocycles. The van der Waals surface area contributed by atoms with Crippen LogP contribution in [0, 0.1) is 0 Å². The lowest BCUT2D eigenvalue weighted by molar-refractivity contribution is -0.113. The molecule has 0 radical (unpaired) electrons. The van der Waals surface area contributed by atoms with E-state index in [1.54, 1.807) is 7.11 Å². The minimum Gasteiger partial charge on any atom is -0.497 e. The van der Waals surface area contributed by atoms with Gasteiger partial charge in [0.25, 0.3) is 0 Å². The number of nitrogens with zero attached hydrogens (tertiary/aromatic N) is 4. The maximum absolute atomic E-state index is 12.4. The number of thiazole rings is 1. The molecule has 4 rings (SSSR count). The molecule has 0 aliphatic carbocycles. The van der Waals surface area contributed by atoms with Crippen LogP contribution in [-0.4, -0.2) is 38.5 Å². The van der Waals surface area contributed by atoms with E-state index >= 15 is 0 Å². The van der Waals surface area contributed by atoms with Gasteiger partial charge >= 0.3 is 0 Å². The predicted octanol–water partition coefficient (Wildman–Crippen LogP) is 5.11. The summed E-state index contributed by atoms with van der Waals surface area (Å²) >= 11 is 6.15. The van der Waals surface area contributed by atoms with Crippen LogP contribution in [0.4, 0.5) is 5.13 Å². The van der Waals surface area contributed by atoms with Crippen molar-refractivity contribution in [3.8, 4) is 28.4 Å². The Labute approximate surface area is 196 Å². The SMILES string of the molecule is COc1ccc(-c2nnc(SCC(=O)Nc3nc(-c4ccc(Br)cc4)cs3)n2C)cc1. The Balaban J connectivity index is 1.36. The summed E-state index contributed by atoms with van der Waals surface area (Å²) in [6.45, 7) is 0. The molecule has 0 saturated carbocycles. The van der Waals surface area contributed by atoms with Gasteiger partial charge in [-0.25, -0.2) is 4.98 Å². The Hall–Kier alpha value is -2.69. The number of thioether (sulfide) groups is 1. The lowest BCUT2D eigenvalue weighted by atomic mass is 10.2. The third-order valence-electron chi connectivity index (χ3n) is 4.41. The molecule has 0 atom stereocenters. The van der Waals surface area contributed by atoms with Crippen LogP contribution in [0.15, 0.2) is 63.5 Å². The molecule has 1 N–H and O–H groups in total. The van der Waals surface area contributed by atoms with Gasteiger partial charge in [0.05, 0.1) is 18.6 Å². The van der Waals surface area contributed by atoms with E-state index in [-0.39, 0.29) is 11.7 Å². The molecule has 0 aliphatic heterocycles. The van der Waals surface area contributed by atoms with E-state index in [4.69, 9.17) is 4.74 Å². The van der Waals surface area contributed by atoms with Gasteiger partial charge in [0, 0.05) is 28.0 Å². The number of anilines is 1. The summed E-state index contributed by atoms with van der Waals surface area (Å²) < 4.78 is 8.07. The van der Waals surface area contributed by atoms with Gasteiger partial charge in [0.2, 0.25) is 5.91 Å². The first kappa shape index (κ1) is 21.5. The van der Waals surface area contributed by atoms with Crippen molar-refractivity contribution < 1.29 is 9.53 Å². The van der Waals surface area contributed by atoms with Gasteiger partial charge in [-0.2, -0.15) is 0 Å². The average molecular weight is 516 g/mol. The van der Waals surface area contributed by atoms with Crippen LogP contribution in [0.5, 0.6) is 5.75 Å². The molecule has 2 aromatic heterocycles. The molecule has 31 heavy (non-hydrogen) atoms. The fraction of sp³-hybridized carbons (Fsp3) is 0.143. The second-order valence-corrected chi connectivity index (χ2v) is 9.19. The largest absolute Gasteiger partial charge is 0.497 e. The molecule has 0 aliphatic rings. The second-order valence-electron chi connectivity index (χ2n) is 6.48. The molecule has 0 unspecified atom stereocenters. The maximum atomic E-state index is 12.4. The zero-order valence-corrected chi connectivity index (χ0v) is 19.9. The molecule has 0 fully saturated rings. The number of ether oxygens (including phenoxy) is 1. The normalized spacial score (nSPS) is 10.8. The molecular weight excluding hydrogens is 498 g/mol. The molecule has 1 amide bonds. The molecule has 4 aromatic rings. The molecular formula is C21H18BrN5O2S2. The Kier molecular flexibility index (Phi) is 6.69. The van der Waals surface area contributed by atoms with Crippen molar-refractivity contribution in [3.05, 3.63) is 58.4 Å². The van der Waals surface area contributed by atoms with Gasteiger partial charge < -0.3 is 14.6 Å². The van der Waals surface area contributed by atoms with Crippen molar-refractivity contribution >= 4 is 50.1 Å². The van der Waals surface area contributed by atoms with Crippen molar-refractivity contribution in [1.29, 1.82) is 0 Å². The fourth-order valence-electron chi connectivity index (χ4n) is 2.80. The molecule has 10 heteroatoms.